The van der Waals surface area contributed by atoms with Crippen molar-refractivity contribution in [2.24, 2.45) is 11.8 Å². The maximum Gasteiger partial charge on any atom is 0.310 e. The van der Waals surface area contributed by atoms with Crippen molar-refractivity contribution in [1.29, 1.82) is 0 Å². The number of hydrogen-bond donors (Lipinski definition) is 1. The molecule has 2 heterocycles. The van der Waals surface area contributed by atoms with Gasteiger partial charge in [0, 0.05) is 25.7 Å². The Hall–Kier alpha value is -0.610. The molecule has 0 spiro atoms. The number of esters is 1. The first-order chi connectivity index (χ1) is 9.35. The fourth-order valence-corrected chi connectivity index (χ4v) is 3.32. The Bertz CT molecular complexity index is 338. The molecule has 0 radical (unpaired) electrons. The smallest absolute Gasteiger partial charge is 0.310 e. The highest BCUT2D eigenvalue weighted by molar-refractivity contribution is 5.73. The molecular formula is C16H30N2O2. The quantitative estimate of drug-likeness (QED) is 0.787. The number of carbonyl (C=O) groups excluding carboxylic acids is 1. The van der Waals surface area contributed by atoms with Gasteiger partial charge in [-0.05, 0) is 52.5 Å². The van der Waals surface area contributed by atoms with Crippen molar-refractivity contribution in [3.8, 4) is 0 Å². The molecule has 0 amide bonds. The first kappa shape index (κ1) is 15.8. The molecular weight excluding hydrogens is 252 g/mol. The van der Waals surface area contributed by atoms with Gasteiger partial charge in [0.25, 0.3) is 0 Å². The Labute approximate surface area is 123 Å². The van der Waals surface area contributed by atoms with E-state index in [2.05, 4.69) is 17.1 Å². The van der Waals surface area contributed by atoms with Crippen molar-refractivity contribution in [2.45, 2.75) is 58.6 Å². The van der Waals surface area contributed by atoms with E-state index in [1.807, 2.05) is 20.8 Å². The molecule has 0 unspecified atom stereocenters. The van der Waals surface area contributed by atoms with Crippen LogP contribution in [0.4, 0.5) is 0 Å². The first-order valence-corrected chi connectivity index (χ1v) is 8.03. The summed E-state index contributed by atoms with van der Waals surface area (Å²) in [5.74, 6) is 0.746. The third-order valence-electron chi connectivity index (χ3n) is 4.27. The van der Waals surface area contributed by atoms with E-state index in [1.165, 1.54) is 25.9 Å². The summed E-state index contributed by atoms with van der Waals surface area (Å²) in [5, 5.41) is 3.42. The predicted molar refractivity (Wildman–Crippen MR) is 80.6 cm³/mol. The minimum absolute atomic E-state index is 0.00482. The van der Waals surface area contributed by atoms with Crippen molar-refractivity contribution in [1.82, 2.24) is 10.2 Å². The number of piperidine rings is 2. The van der Waals surface area contributed by atoms with E-state index >= 15 is 0 Å². The molecule has 2 fully saturated rings. The van der Waals surface area contributed by atoms with Crippen molar-refractivity contribution in [2.75, 3.05) is 26.2 Å². The Morgan fingerprint density at radius 3 is 2.70 bits per heavy atom. The van der Waals surface area contributed by atoms with E-state index < -0.39 is 0 Å². The normalized spacial score (nSPS) is 32.9. The van der Waals surface area contributed by atoms with E-state index in [0.717, 1.165) is 25.4 Å². The van der Waals surface area contributed by atoms with E-state index in [-0.39, 0.29) is 17.5 Å². The Kier molecular flexibility index (Phi) is 5.08. The Morgan fingerprint density at radius 1 is 1.30 bits per heavy atom. The van der Waals surface area contributed by atoms with Gasteiger partial charge < -0.3 is 10.1 Å². The number of nitrogens with one attached hydrogen (secondary N) is 1. The molecule has 2 saturated heterocycles. The molecule has 0 bridgehead atoms. The summed E-state index contributed by atoms with van der Waals surface area (Å²) in [6.07, 6.45) is 3.57. The van der Waals surface area contributed by atoms with Crippen LogP contribution >= 0.6 is 0 Å². The van der Waals surface area contributed by atoms with Crippen LogP contribution in [-0.2, 0) is 9.53 Å². The average Bonchev–Trinajstić information content (AvgIpc) is 2.37. The predicted octanol–water partition coefficient (Wildman–Crippen LogP) is 2.04. The van der Waals surface area contributed by atoms with Crippen LogP contribution in [0.5, 0.6) is 0 Å². The zero-order valence-electron chi connectivity index (χ0n) is 13.4. The summed E-state index contributed by atoms with van der Waals surface area (Å²) in [4.78, 5) is 14.8. The summed E-state index contributed by atoms with van der Waals surface area (Å²) in [6.45, 7) is 12.3. The fraction of sp³-hybridized carbons (Fsp3) is 0.938. The summed E-state index contributed by atoms with van der Waals surface area (Å²) in [5.41, 5.74) is -0.385. The molecule has 0 aromatic rings. The molecule has 2 aliphatic heterocycles. The van der Waals surface area contributed by atoms with E-state index in [9.17, 15) is 4.79 Å². The van der Waals surface area contributed by atoms with Crippen LogP contribution in [0.2, 0.25) is 0 Å². The average molecular weight is 282 g/mol. The molecule has 2 rings (SSSR count). The second-order valence-electron chi connectivity index (χ2n) is 7.52. The van der Waals surface area contributed by atoms with Gasteiger partial charge >= 0.3 is 5.97 Å². The number of rotatable bonds is 2. The number of hydrogen-bond acceptors (Lipinski definition) is 4. The lowest BCUT2D eigenvalue weighted by atomic mass is 9.91. The monoisotopic (exact) mass is 282 g/mol. The molecule has 116 valence electrons. The third kappa shape index (κ3) is 4.45. The van der Waals surface area contributed by atoms with Crippen molar-refractivity contribution in [3.63, 3.8) is 0 Å². The largest absolute Gasteiger partial charge is 0.460 e. The van der Waals surface area contributed by atoms with Gasteiger partial charge in [-0.1, -0.05) is 6.92 Å². The molecule has 1 N–H and O–H groups in total. The lowest BCUT2D eigenvalue weighted by molar-refractivity contribution is -0.161. The molecule has 4 heteroatoms. The lowest BCUT2D eigenvalue weighted by Crippen LogP contribution is -2.53. The van der Waals surface area contributed by atoms with Crippen LogP contribution in [0.1, 0.15) is 47.0 Å². The van der Waals surface area contributed by atoms with Gasteiger partial charge in [0.1, 0.15) is 5.60 Å². The third-order valence-corrected chi connectivity index (χ3v) is 4.27. The highest BCUT2D eigenvalue weighted by atomic mass is 16.6. The maximum absolute atomic E-state index is 12.2. The minimum atomic E-state index is -0.385. The van der Waals surface area contributed by atoms with Crippen molar-refractivity contribution >= 4 is 5.97 Å². The van der Waals surface area contributed by atoms with Crippen LogP contribution < -0.4 is 5.32 Å². The van der Waals surface area contributed by atoms with E-state index in [1.54, 1.807) is 0 Å². The van der Waals surface area contributed by atoms with Crippen LogP contribution in [-0.4, -0.2) is 48.7 Å². The first-order valence-electron chi connectivity index (χ1n) is 8.03. The summed E-state index contributed by atoms with van der Waals surface area (Å²) in [6, 6.07) is 0.490. The zero-order chi connectivity index (χ0) is 14.8. The van der Waals surface area contributed by atoms with Crippen LogP contribution in [0, 0.1) is 11.8 Å². The Morgan fingerprint density at radius 2 is 2.05 bits per heavy atom. The number of likely N-dealkylation sites (tertiary alicyclic amines) is 1. The topological polar surface area (TPSA) is 41.6 Å². The van der Waals surface area contributed by atoms with Crippen molar-refractivity contribution < 1.29 is 9.53 Å². The molecule has 3 atom stereocenters. The van der Waals surface area contributed by atoms with E-state index in [0.29, 0.717) is 6.04 Å². The van der Waals surface area contributed by atoms with Gasteiger partial charge in [-0.15, -0.1) is 0 Å². The van der Waals surface area contributed by atoms with E-state index in [4.69, 9.17) is 4.74 Å². The van der Waals surface area contributed by atoms with Crippen LogP contribution in [0.15, 0.2) is 0 Å². The fourth-order valence-electron chi connectivity index (χ4n) is 3.32. The van der Waals surface area contributed by atoms with Gasteiger partial charge in [0.15, 0.2) is 0 Å². The minimum Gasteiger partial charge on any atom is -0.460 e. The lowest BCUT2D eigenvalue weighted by Gasteiger charge is -2.41. The van der Waals surface area contributed by atoms with Gasteiger partial charge in [-0.2, -0.15) is 0 Å². The Balaban J connectivity index is 1.89. The standard InChI is InChI=1S/C16H30N2O2/c1-12-6-5-7-18(11-12)14-8-13(9-17-10-14)15(19)20-16(2,3)4/h12-14,17H,5-11H2,1-4H3/t12-,13-,14-/m1/s1. The summed E-state index contributed by atoms with van der Waals surface area (Å²) < 4.78 is 5.54. The van der Waals surface area contributed by atoms with Gasteiger partial charge in [0.2, 0.25) is 0 Å². The molecule has 20 heavy (non-hydrogen) atoms. The van der Waals surface area contributed by atoms with Crippen molar-refractivity contribution in [3.05, 3.63) is 0 Å². The van der Waals surface area contributed by atoms with Crippen LogP contribution in [0.3, 0.4) is 0 Å². The number of ether oxygens (including phenoxy) is 1. The van der Waals surface area contributed by atoms with Gasteiger partial charge in [-0.25, -0.2) is 0 Å². The SMILES string of the molecule is C[C@@H]1CCCN([C@H]2CNC[C@H](C(=O)OC(C)(C)C)C2)C1. The zero-order valence-corrected chi connectivity index (χ0v) is 13.4. The molecule has 0 aliphatic carbocycles. The number of nitrogens with zero attached hydrogens (tertiary/aromatic N) is 1. The summed E-state index contributed by atoms with van der Waals surface area (Å²) >= 11 is 0. The molecule has 0 aromatic heterocycles. The van der Waals surface area contributed by atoms with Gasteiger partial charge in [0.05, 0.1) is 5.92 Å². The second-order valence-corrected chi connectivity index (χ2v) is 7.52. The summed E-state index contributed by atoms with van der Waals surface area (Å²) in [7, 11) is 0. The highest BCUT2D eigenvalue weighted by Crippen LogP contribution is 2.24. The molecule has 0 saturated carbocycles. The number of carbonyl (C=O) groups is 1. The molecule has 0 aromatic carbocycles. The maximum atomic E-state index is 12.2. The van der Waals surface area contributed by atoms with Gasteiger partial charge in [-0.3, -0.25) is 9.69 Å². The molecule has 4 nitrogen and oxygen atoms in total. The highest BCUT2D eigenvalue weighted by Gasteiger charge is 2.34. The second kappa shape index (κ2) is 6.44. The van der Waals surface area contributed by atoms with Crippen LogP contribution in [0.25, 0.3) is 0 Å². The molecule has 2 aliphatic rings.